The average Bonchev–Trinajstić information content (AvgIpc) is 2.67. The van der Waals surface area contributed by atoms with Crippen LogP contribution in [0.5, 0.6) is 11.5 Å². The van der Waals surface area contributed by atoms with Crippen LogP contribution < -0.4 is 14.8 Å². The predicted molar refractivity (Wildman–Crippen MR) is 107 cm³/mol. The number of rotatable bonds is 9. The summed E-state index contributed by atoms with van der Waals surface area (Å²) in [4.78, 5) is 12.3. The standard InChI is InChI=1S/C20H26N2O5S/c1-15-7-5-6-8-19(15)27-14-16(2)21-20(23)13-22(3)28(24,25)18-11-9-17(26-4)10-12-18/h5-12,16H,13-14H2,1-4H3,(H,21,23)/t16-/m1/s1. The second-order valence-electron chi connectivity index (χ2n) is 6.48. The van der Waals surface area contributed by atoms with E-state index in [1.54, 1.807) is 19.1 Å². The molecule has 1 N–H and O–H groups in total. The lowest BCUT2D eigenvalue weighted by Gasteiger charge is -2.20. The fraction of sp³-hybridized carbons (Fsp3) is 0.350. The Morgan fingerprint density at radius 2 is 1.79 bits per heavy atom. The van der Waals surface area contributed by atoms with Crippen LogP contribution in [0.1, 0.15) is 12.5 Å². The number of carbonyl (C=O) groups is 1. The molecule has 7 nitrogen and oxygen atoms in total. The summed E-state index contributed by atoms with van der Waals surface area (Å²) >= 11 is 0. The van der Waals surface area contributed by atoms with Crippen LogP contribution in [0.2, 0.25) is 0 Å². The van der Waals surface area contributed by atoms with Crippen molar-refractivity contribution in [3.05, 3.63) is 54.1 Å². The number of sulfonamides is 1. The normalized spacial score (nSPS) is 12.5. The van der Waals surface area contributed by atoms with Crippen LogP contribution in [0.4, 0.5) is 0 Å². The predicted octanol–water partition coefficient (Wildman–Crippen LogP) is 2.21. The first-order valence-electron chi connectivity index (χ1n) is 8.82. The number of hydrogen-bond donors (Lipinski definition) is 1. The molecule has 0 aliphatic rings. The minimum Gasteiger partial charge on any atom is -0.497 e. The number of ether oxygens (including phenoxy) is 2. The molecule has 0 aliphatic carbocycles. The number of amides is 1. The maximum Gasteiger partial charge on any atom is 0.243 e. The van der Waals surface area contributed by atoms with Gasteiger partial charge in [-0.15, -0.1) is 0 Å². The Hall–Kier alpha value is -2.58. The van der Waals surface area contributed by atoms with Gasteiger partial charge in [0.1, 0.15) is 18.1 Å². The first-order chi connectivity index (χ1) is 13.2. The number of benzene rings is 2. The summed E-state index contributed by atoms with van der Waals surface area (Å²) in [5, 5.41) is 2.75. The molecule has 0 fully saturated rings. The molecule has 152 valence electrons. The molecule has 0 aliphatic heterocycles. The molecule has 0 aromatic heterocycles. The van der Waals surface area contributed by atoms with Crippen molar-refractivity contribution in [1.82, 2.24) is 9.62 Å². The van der Waals surface area contributed by atoms with E-state index in [1.807, 2.05) is 31.2 Å². The van der Waals surface area contributed by atoms with E-state index < -0.39 is 15.9 Å². The third-order valence-corrected chi connectivity index (χ3v) is 5.94. The zero-order valence-electron chi connectivity index (χ0n) is 16.5. The summed E-state index contributed by atoms with van der Waals surface area (Å²) < 4.78 is 36.9. The number of methoxy groups -OCH3 is 1. The van der Waals surface area contributed by atoms with Crippen molar-refractivity contribution >= 4 is 15.9 Å². The van der Waals surface area contributed by atoms with Gasteiger partial charge in [0.15, 0.2) is 0 Å². The van der Waals surface area contributed by atoms with Gasteiger partial charge in [0, 0.05) is 7.05 Å². The van der Waals surface area contributed by atoms with Crippen LogP contribution in [0.3, 0.4) is 0 Å². The van der Waals surface area contributed by atoms with Crippen molar-refractivity contribution in [2.24, 2.45) is 0 Å². The first-order valence-corrected chi connectivity index (χ1v) is 10.3. The first kappa shape index (κ1) is 21.7. The maximum absolute atomic E-state index is 12.6. The molecule has 1 amide bonds. The quantitative estimate of drug-likeness (QED) is 0.690. The van der Waals surface area contributed by atoms with Gasteiger partial charge >= 0.3 is 0 Å². The highest BCUT2D eigenvalue weighted by Gasteiger charge is 2.23. The lowest BCUT2D eigenvalue weighted by molar-refractivity contribution is -0.121. The lowest BCUT2D eigenvalue weighted by Crippen LogP contribution is -2.43. The largest absolute Gasteiger partial charge is 0.497 e. The molecular weight excluding hydrogens is 380 g/mol. The molecule has 2 aromatic carbocycles. The number of hydrogen-bond acceptors (Lipinski definition) is 5. The molecule has 8 heteroatoms. The van der Waals surface area contributed by atoms with Crippen LogP contribution in [0.25, 0.3) is 0 Å². The van der Waals surface area contributed by atoms with Gasteiger partial charge in [-0.2, -0.15) is 4.31 Å². The summed E-state index contributed by atoms with van der Waals surface area (Å²) in [6.07, 6.45) is 0. The second-order valence-corrected chi connectivity index (χ2v) is 8.53. The topological polar surface area (TPSA) is 84.9 Å². The Kier molecular flexibility index (Phi) is 7.42. The maximum atomic E-state index is 12.6. The van der Waals surface area contributed by atoms with Crippen molar-refractivity contribution in [2.75, 3.05) is 27.3 Å². The molecule has 0 saturated carbocycles. The lowest BCUT2D eigenvalue weighted by atomic mass is 10.2. The molecular formula is C20H26N2O5S. The highest BCUT2D eigenvalue weighted by molar-refractivity contribution is 7.89. The number of likely N-dealkylation sites (N-methyl/N-ethyl adjacent to an activating group) is 1. The fourth-order valence-electron chi connectivity index (χ4n) is 2.51. The zero-order valence-corrected chi connectivity index (χ0v) is 17.3. The van der Waals surface area contributed by atoms with Crippen LogP contribution in [0.15, 0.2) is 53.4 Å². The molecule has 2 rings (SSSR count). The van der Waals surface area contributed by atoms with E-state index in [0.29, 0.717) is 5.75 Å². The van der Waals surface area contributed by atoms with Gasteiger partial charge in [-0.25, -0.2) is 8.42 Å². The molecule has 0 spiro atoms. The van der Waals surface area contributed by atoms with Gasteiger partial charge in [-0.1, -0.05) is 18.2 Å². The van der Waals surface area contributed by atoms with Gasteiger partial charge in [0.2, 0.25) is 15.9 Å². The summed E-state index contributed by atoms with van der Waals surface area (Å²) in [5.74, 6) is 0.907. The summed E-state index contributed by atoms with van der Waals surface area (Å²) in [5.41, 5.74) is 1.01. The Labute approximate surface area is 166 Å². The third kappa shape index (κ3) is 5.71. The van der Waals surface area contributed by atoms with E-state index in [0.717, 1.165) is 15.6 Å². The number of aryl methyl sites for hydroxylation is 1. The Bertz CT molecular complexity index is 897. The zero-order chi connectivity index (χ0) is 20.7. The van der Waals surface area contributed by atoms with Gasteiger partial charge in [0.25, 0.3) is 0 Å². The van der Waals surface area contributed by atoms with Gasteiger partial charge in [-0.3, -0.25) is 4.79 Å². The van der Waals surface area contributed by atoms with Crippen LogP contribution in [-0.4, -0.2) is 52.0 Å². The van der Waals surface area contributed by atoms with Crippen molar-refractivity contribution in [1.29, 1.82) is 0 Å². The Balaban J connectivity index is 1.89. The molecule has 2 aromatic rings. The average molecular weight is 407 g/mol. The number of nitrogens with zero attached hydrogens (tertiary/aromatic N) is 1. The molecule has 0 heterocycles. The minimum atomic E-state index is -3.77. The highest BCUT2D eigenvalue weighted by Crippen LogP contribution is 2.18. The molecule has 0 saturated heterocycles. The summed E-state index contributed by atoms with van der Waals surface area (Å²) in [6.45, 7) is 3.74. The third-order valence-electron chi connectivity index (χ3n) is 4.12. The van der Waals surface area contributed by atoms with E-state index in [1.165, 1.54) is 26.3 Å². The van der Waals surface area contributed by atoms with E-state index in [4.69, 9.17) is 9.47 Å². The molecule has 0 radical (unpaired) electrons. The Morgan fingerprint density at radius 3 is 2.39 bits per heavy atom. The van der Waals surface area contributed by atoms with Gasteiger partial charge in [0.05, 0.1) is 24.6 Å². The number of para-hydroxylation sites is 1. The summed E-state index contributed by atoms with van der Waals surface area (Å²) in [6, 6.07) is 13.3. The fourth-order valence-corrected chi connectivity index (χ4v) is 3.64. The molecule has 0 bridgehead atoms. The SMILES string of the molecule is COc1ccc(S(=O)(=O)N(C)CC(=O)N[C@H](C)COc2ccccc2C)cc1. The van der Waals surface area contributed by atoms with Crippen molar-refractivity contribution in [3.8, 4) is 11.5 Å². The minimum absolute atomic E-state index is 0.0968. The van der Waals surface area contributed by atoms with Crippen molar-refractivity contribution in [3.63, 3.8) is 0 Å². The molecule has 0 unspecified atom stereocenters. The van der Waals surface area contributed by atoms with E-state index in [-0.39, 0.29) is 24.1 Å². The number of nitrogens with one attached hydrogen (secondary N) is 1. The van der Waals surface area contributed by atoms with Crippen LogP contribution in [0, 0.1) is 6.92 Å². The molecule has 1 atom stereocenters. The summed E-state index contributed by atoms with van der Waals surface area (Å²) in [7, 11) is -0.897. The van der Waals surface area contributed by atoms with E-state index in [9.17, 15) is 13.2 Å². The van der Waals surface area contributed by atoms with Gasteiger partial charge < -0.3 is 14.8 Å². The van der Waals surface area contributed by atoms with Crippen molar-refractivity contribution in [2.45, 2.75) is 24.8 Å². The second kappa shape index (κ2) is 9.57. The Morgan fingerprint density at radius 1 is 1.14 bits per heavy atom. The monoisotopic (exact) mass is 406 g/mol. The van der Waals surface area contributed by atoms with Crippen LogP contribution >= 0.6 is 0 Å². The van der Waals surface area contributed by atoms with E-state index in [2.05, 4.69) is 5.32 Å². The smallest absolute Gasteiger partial charge is 0.243 e. The molecule has 28 heavy (non-hydrogen) atoms. The number of carbonyl (C=O) groups excluding carboxylic acids is 1. The van der Waals surface area contributed by atoms with Crippen LogP contribution in [-0.2, 0) is 14.8 Å². The van der Waals surface area contributed by atoms with Crippen molar-refractivity contribution < 1.29 is 22.7 Å². The van der Waals surface area contributed by atoms with E-state index >= 15 is 0 Å². The van der Waals surface area contributed by atoms with Gasteiger partial charge in [-0.05, 0) is 49.7 Å². The highest BCUT2D eigenvalue weighted by atomic mass is 32.2.